The third kappa shape index (κ3) is 1.24. The second-order valence-corrected chi connectivity index (χ2v) is 2.57. The Morgan fingerprint density at radius 2 is 2.38 bits per heavy atom. The Balaban J connectivity index is 2.65. The molecule has 0 saturated carbocycles. The lowest BCUT2D eigenvalue weighted by molar-refractivity contribution is 0.520. The van der Waals surface area contributed by atoms with Gasteiger partial charge in [-0.05, 0) is 19.8 Å². The lowest BCUT2D eigenvalue weighted by Crippen LogP contribution is -2.35. The van der Waals surface area contributed by atoms with Crippen molar-refractivity contribution < 1.29 is 0 Å². The third-order valence-electron chi connectivity index (χ3n) is 1.37. The van der Waals surface area contributed by atoms with E-state index in [1.165, 1.54) is 6.42 Å². The molecule has 0 bridgehead atoms. The highest BCUT2D eigenvalue weighted by Crippen LogP contribution is 2.12. The van der Waals surface area contributed by atoms with Gasteiger partial charge in [0.15, 0.2) is 0 Å². The summed E-state index contributed by atoms with van der Waals surface area (Å²) in [5.41, 5.74) is 5.52. The Morgan fingerprint density at radius 3 is 2.62 bits per heavy atom. The monoisotopic (exact) mass is 109 g/mol. The second-order valence-electron chi connectivity index (χ2n) is 2.57. The van der Waals surface area contributed by atoms with E-state index in [2.05, 4.69) is 11.8 Å². The summed E-state index contributed by atoms with van der Waals surface area (Å²) in [6.45, 7) is 1.99. The Labute approximate surface area is 50.3 Å². The molecule has 1 rings (SSSR count). The highest BCUT2D eigenvalue weighted by atomic mass is 14.7. The predicted molar refractivity (Wildman–Crippen MR) is 34.2 cm³/mol. The van der Waals surface area contributed by atoms with E-state index in [9.17, 15) is 0 Å². The summed E-state index contributed by atoms with van der Waals surface area (Å²) in [7, 11) is 0. The Kier molecular flexibility index (Phi) is 1.27. The summed E-state index contributed by atoms with van der Waals surface area (Å²) in [5.74, 6) is 5.99. The van der Waals surface area contributed by atoms with Crippen LogP contribution in [0.1, 0.15) is 26.2 Å². The molecule has 0 fully saturated rings. The van der Waals surface area contributed by atoms with Crippen molar-refractivity contribution in [3.8, 4) is 11.8 Å². The van der Waals surface area contributed by atoms with Gasteiger partial charge in [0.25, 0.3) is 0 Å². The van der Waals surface area contributed by atoms with Gasteiger partial charge >= 0.3 is 0 Å². The van der Waals surface area contributed by atoms with Crippen molar-refractivity contribution in [1.82, 2.24) is 0 Å². The van der Waals surface area contributed by atoms with Crippen LogP contribution in [0.5, 0.6) is 0 Å². The first-order valence-electron chi connectivity index (χ1n) is 3.00. The number of hydrogen-bond acceptors (Lipinski definition) is 1. The van der Waals surface area contributed by atoms with E-state index in [1.807, 2.05) is 6.92 Å². The number of hydrogen-bond donors (Lipinski definition) is 1. The minimum absolute atomic E-state index is 0.182. The van der Waals surface area contributed by atoms with Crippen LogP contribution in [-0.2, 0) is 0 Å². The molecule has 1 unspecified atom stereocenters. The quantitative estimate of drug-likeness (QED) is 0.459. The van der Waals surface area contributed by atoms with Gasteiger partial charge in [0.1, 0.15) is 0 Å². The molecule has 1 aliphatic carbocycles. The largest absolute Gasteiger partial charge is 0.315 e. The van der Waals surface area contributed by atoms with Crippen molar-refractivity contribution in [2.24, 2.45) is 5.73 Å². The molecule has 0 aromatic rings. The van der Waals surface area contributed by atoms with Crippen molar-refractivity contribution in [3.05, 3.63) is 0 Å². The molecule has 0 spiro atoms. The molecular weight excluding hydrogens is 98.1 g/mol. The van der Waals surface area contributed by atoms with Crippen LogP contribution in [0.2, 0.25) is 0 Å². The van der Waals surface area contributed by atoms with Gasteiger partial charge in [0.2, 0.25) is 0 Å². The Bertz CT molecular complexity index is 136. The van der Waals surface area contributed by atoms with Gasteiger partial charge in [-0.25, -0.2) is 0 Å². The average molecular weight is 109 g/mol. The van der Waals surface area contributed by atoms with Crippen molar-refractivity contribution in [2.45, 2.75) is 31.7 Å². The molecule has 2 N–H and O–H groups in total. The molecule has 0 saturated heterocycles. The lowest BCUT2D eigenvalue weighted by atomic mass is 9.93. The molecule has 0 radical (unpaired) electrons. The molecule has 1 aliphatic rings. The smallest absolute Gasteiger partial charge is 0.0747 e. The molecule has 8 heavy (non-hydrogen) atoms. The van der Waals surface area contributed by atoms with Crippen LogP contribution in [0.15, 0.2) is 0 Å². The first-order chi connectivity index (χ1) is 3.71. The van der Waals surface area contributed by atoms with Gasteiger partial charge in [-0.3, -0.25) is 0 Å². The summed E-state index contributed by atoms with van der Waals surface area (Å²) in [4.78, 5) is 0. The molecule has 0 aromatic carbocycles. The summed E-state index contributed by atoms with van der Waals surface area (Å²) in [6.07, 6.45) is 3.26. The van der Waals surface area contributed by atoms with Gasteiger partial charge in [-0.2, -0.15) is 0 Å². The van der Waals surface area contributed by atoms with Crippen molar-refractivity contribution in [3.63, 3.8) is 0 Å². The van der Waals surface area contributed by atoms with Crippen LogP contribution in [0.25, 0.3) is 0 Å². The fourth-order valence-electron chi connectivity index (χ4n) is 0.871. The van der Waals surface area contributed by atoms with E-state index in [1.54, 1.807) is 0 Å². The van der Waals surface area contributed by atoms with Crippen molar-refractivity contribution in [1.29, 1.82) is 0 Å². The van der Waals surface area contributed by atoms with E-state index in [4.69, 9.17) is 5.73 Å². The topological polar surface area (TPSA) is 26.0 Å². The van der Waals surface area contributed by atoms with Gasteiger partial charge in [0.05, 0.1) is 5.54 Å². The Morgan fingerprint density at radius 1 is 1.62 bits per heavy atom. The van der Waals surface area contributed by atoms with Crippen LogP contribution >= 0.6 is 0 Å². The van der Waals surface area contributed by atoms with Gasteiger partial charge in [0, 0.05) is 6.42 Å². The van der Waals surface area contributed by atoms with E-state index < -0.39 is 0 Å². The number of nitrogens with two attached hydrogens (primary N) is 1. The van der Waals surface area contributed by atoms with E-state index in [0.29, 0.717) is 0 Å². The van der Waals surface area contributed by atoms with Crippen LogP contribution in [0, 0.1) is 11.8 Å². The van der Waals surface area contributed by atoms with Gasteiger partial charge in [-0.15, -0.1) is 5.92 Å². The van der Waals surface area contributed by atoms with Crippen LogP contribution < -0.4 is 5.73 Å². The summed E-state index contributed by atoms with van der Waals surface area (Å²) in [5, 5.41) is 0. The molecule has 1 nitrogen and oxygen atoms in total. The maximum atomic E-state index is 5.70. The maximum absolute atomic E-state index is 5.70. The second kappa shape index (κ2) is 1.80. The zero-order chi connectivity index (χ0) is 6.04. The van der Waals surface area contributed by atoms with E-state index in [-0.39, 0.29) is 5.54 Å². The van der Waals surface area contributed by atoms with Crippen molar-refractivity contribution in [2.75, 3.05) is 0 Å². The average Bonchev–Trinajstić information content (AvgIpc) is 1.65. The zero-order valence-corrected chi connectivity index (χ0v) is 5.20. The normalized spacial score (nSPS) is 35.8. The van der Waals surface area contributed by atoms with E-state index in [0.717, 1.165) is 12.8 Å². The Hall–Kier alpha value is -0.480. The molecule has 0 aromatic heterocycles. The van der Waals surface area contributed by atoms with Crippen molar-refractivity contribution >= 4 is 0 Å². The zero-order valence-electron chi connectivity index (χ0n) is 5.20. The fraction of sp³-hybridized carbons (Fsp3) is 0.714. The fourth-order valence-corrected chi connectivity index (χ4v) is 0.871. The minimum Gasteiger partial charge on any atom is -0.315 e. The predicted octanol–water partition coefficient (Wildman–Crippen LogP) is 0.891. The molecular formula is C7H11N. The highest BCUT2D eigenvalue weighted by Gasteiger charge is 2.15. The highest BCUT2D eigenvalue weighted by molar-refractivity contribution is 5.17. The molecule has 1 heteroatoms. The van der Waals surface area contributed by atoms with Crippen LogP contribution in [-0.4, -0.2) is 5.54 Å². The standard InChI is InChI=1S/C7H11N/c1-7(8)5-3-2-4-6-7/h2-3,5,8H2,1H3. The number of rotatable bonds is 0. The SMILES string of the molecule is CC1(N)C#CCCC1. The van der Waals surface area contributed by atoms with E-state index >= 15 is 0 Å². The van der Waals surface area contributed by atoms with Crippen LogP contribution in [0.3, 0.4) is 0 Å². The first kappa shape index (κ1) is 5.65. The molecule has 1 atom stereocenters. The minimum atomic E-state index is -0.182. The first-order valence-corrected chi connectivity index (χ1v) is 3.00. The third-order valence-corrected chi connectivity index (χ3v) is 1.37. The molecule has 0 heterocycles. The van der Waals surface area contributed by atoms with Crippen LogP contribution in [0.4, 0.5) is 0 Å². The lowest BCUT2D eigenvalue weighted by Gasteiger charge is -2.19. The molecule has 44 valence electrons. The summed E-state index contributed by atoms with van der Waals surface area (Å²) in [6, 6.07) is 0. The molecule has 0 amide bonds. The van der Waals surface area contributed by atoms with Gasteiger partial charge < -0.3 is 5.73 Å². The summed E-state index contributed by atoms with van der Waals surface area (Å²) < 4.78 is 0. The molecule has 0 aliphatic heterocycles. The van der Waals surface area contributed by atoms with Gasteiger partial charge in [-0.1, -0.05) is 5.92 Å². The summed E-state index contributed by atoms with van der Waals surface area (Å²) >= 11 is 0. The maximum Gasteiger partial charge on any atom is 0.0747 e.